The molecule has 1 aromatic carbocycles. The lowest BCUT2D eigenvalue weighted by molar-refractivity contribution is -0.136. The highest BCUT2D eigenvalue weighted by Gasteiger charge is 2.11. The van der Waals surface area contributed by atoms with E-state index in [0.29, 0.717) is 28.3 Å². The molecule has 0 aliphatic heterocycles. The summed E-state index contributed by atoms with van der Waals surface area (Å²) in [5, 5.41) is 8.74. The Hall–Kier alpha value is -2.56. The van der Waals surface area contributed by atoms with Gasteiger partial charge in [-0.2, -0.15) is 0 Å². The van der Waals surface area contributed by atoms with E-state index in [2.05, 4.69) is 4.98 Å². The molecular formula is C13H9NO4. The maximum Gasteiger partial charge on any atom is 0.307 e. The molecule has 3 aromatic rings. The molecule has 0 saturated heterocycles. The van der Waals surface area contributed by atoms with Gasteiger partial charge < -0.3 is 13.9 Å². The molecule has 3 rings (SSSR count). The number of oxazole rings is 1. The molecule has 5 heteroatoms. The van der Waals surface area contributed by atoms with Crippen LogP contribution in [0.25, 0.3) is 22.8 Å². The Labute approximate surface area is 102 Å². The number of aliphatic carboxylic acids is 1. The van der Waals surface area contributed by atoms with Gasteiger partial charge >= 0.3 is 5.97 Å². The summed E-state index contributed by atoms with van der Waals surface area (Å²) in [6, 6.07) is 8.64. The summed E-state index contributed by atoms with van der Waals surface area (Å²) >= 11 is 0. The normalized spacial score (nSPS) is 10.9. The van der Waals surface area contributed by atoms with Crippen LogP contribution in [0.4, 0.5) is 0 Å². The Morgan fingerprint density at radius 3 is 2.94 bits per heavy atom. The second kappa shape index (κ2) is 4.03. The molecule has 2 aromatic heterocycles. The summed E-state index contributed by atoms with van der Waals surface area (Å²) in [5.41, 5.74) is 1.92. The van der Waals surface area contributed by atoms with Crippen LogP contribution in [0.5, 0.6) is 0 Å². The van der Waals surface area contributed by atoms with Gasteiger partial charge in [0, 0.05) is 0 Å². The van der Waals surface area contributed by atoms with Crippen molar-refractivity contribution in [1.29, 1.82) is 0 Å². The van der Waals surface area contributed by atoms with Crippen LogP contribution in [0, 0.1) is 0 Å². The van der Waals surface area contributed by atoms with E-state index in [4.69, 9.17) is 13.9 Å². The molecule has 0 radical (unpaired) electrons. The zero-order valence-corrected chi connectivity index (χ0v) is 9.29. The molecule has 0 unspecified atom stereocenters. The molecule has 0 fully saturated rings. The van der Waals surface area contributed by atoms with Crippen molar-refractivity contribution in [2.45, 2.75) is 6.42 Å². The van der Waals surface area contributed by atoms with Crippen molar-refractivity contribution < 1.29 is 18.7 Å². The molecule has 18 heavy (non-hydrogen) atoms. The van der Waals surface area contributed by atoms with E-state index in [9.17, 15) is 4.79 Å². The highest BCUT2D eigenvalue weighted by Crippen LogP contribution is 2.25. The Bertz CT molecular complexity index is 697. The molecule has 0 aliphatic carbocycles. The highest BCUT2D eigenvalue weighted by molar-refractivity contribution is 5.78. The third-order valence-corrected chi connectivity index (χ3v) is 2.54. The first-order chi connectivity index (χ1) is 8.72. The van der Waals surface area contributed by atoms with Crippen LogP contribution in [-0.2, 0) is 11.2 Å². The monoisotopic (exact) mass is 243 g/mol. The highest BCUT2D eigenvalue weighted by atomic mass is 16.4. The van der Waals surface area contributed by atoms with Crippen LogP contribution in [0.2, 0.25) is 0 Å². The number of furan rings is 1. The van der Waals surface area contributed by atoms with Crippen molar-refractivity contribution in [2.24, 2.45) is 0 Å². The third kappa shape index (κ3) is 1.86. The Kier molecular flexibility index (Phi) is 2.37. The Morgan fingerprint density at radius 1 is 1.33 bits per heavy atom. The van der Waals surface area contributed by atoms with Crippen LogP contribution >= 0.6 is 0 Å². The maximum atomic E-state index is 10.6. The van der Waals surface area contributed by atoms with Gasteiger partial charge in [-0.25, -0.2) is 4.98 Å². The fraction of sp³-hybridized carbons (Fsp3) is 0.0769. The standard InChI is InChI=1S/C13H9NO4/c15-12(16)7-8-3-4-10-9(6-8)14-13(18-10)11-2-1-5-17-11/h1-6H,7H2,(H,15,16). The number of aromatic nitrogens is 1. The minimum absolute atomic E-state index is 0.0289. The summed E-state index contributed by atoms with van der Waals surface area (Å²) < 4.78 is 10.7. The fourth-order valence-electron chi connectivity index (χ4n) is 1.76. The molecule has 0 bridgehead atoms. The fourth-order valence-corrected chi connectivity index (χ4v) is 1.76. The van der Waals surface area contributed by atoms with Crippen molar-refractivity contribution in [3.8, 4) is 11.7 Å². The summed E-state index contributed by atoms with van der Waals surface area (Å²) in [6.07, 6.45) is 1.51. The maximum absolute atomic E-state index is 10.6. The van der Waals surface area contributed by atoms with Crippen LogP contribution in [0.1, 0.15) is 5.56 Å². The first kappa shape index (κ1) is 10.6. The van der Waals surface area contributed by atoms with Crippen molar-refractivity contribution in [3.05, 3.63) is 42.2 Å². The van der Waals surface area contributed by atoms with Gasteiger partial charge in [-0.15, -0.1) is 0 Å². The Morgan fingerprint density at radius 2 is 2.22 bits per heavy atom. The number of carboxylic acids is 1. The zero-order valence-electron chi connectivity index (χ0n) is 9.29. The molecule has 90 valence electrons. The first-order valence-electron chi connectivity index (χ1n) is 5.37. The summed E-state index contributed by atoms with van der Waals surface area (Å²) in [4.78, 5) is 14.9. The predicted molar refractivity (Wildman–Crippen MR) is 63.1 cm³/mol. The number of carbonyl (C=O) groups is 1. The third-order valence-electron chi connectivity index (χ3n) is 2.54. The van der Waals surface area contributed by atoms with E-state index in [1.54, 1.807) is 36.6 Å². The number of hydrogen-bond acceptors (Lipinski definition) is 4. The molecule has 0 amide bonds. The summed E-state index contributed by atoms with van der Waals surface area (Å²) in [6.45, 7) is 0. The quantitative estimate of drug-likeness (QED) is 0.765. The molecule has 0 spiro atoms. The SMILES string of the molecule is O=C(O)Cc1ccc2oc(-c3ccco3)nc2c1. The lowest BCUT2D eigenvalue weighted by Gasteiger charge is -1.94. The average molecular weight is 243 g/mol. The summed E-state index contributed by atoms with van der Waals surface area (Å²) in [5.74, 6) is 0.0672. The van der Waals surface area contributed by atoms with E-state index >= 15 is 0 Å². The van der Waals surface area contributed by atoms with E-state index in [1.165, 1.54) is 0 Å². The van der Waals surface area contributed by atoms with Crippen LogP contribution in [0.3, 0.4) is 0 Å². The molecule has 0 saturated carbocycles. The molecule has 5 nitrogen and oxygen atoms in total. The average Bonchev–Trinajstić information content (AvgIpc) is 2.95. The van der Waals surface area contributed by atoms with Crippen LogP contribution in [0.15, 0.2) is 45.4 Å². The topological polar surface area (TPSA) is 76.5 Å². The molecule has 0 aliphatic rings. The van der Waals surface area contributed by atoms with Crippen molar-refractivity contribution >= 4 is 17.1 Å². The van der Waals surface area contributed by atoms with E-state index < -0.39 is 5.97 Å². The van der Waals surface area contributed by atoms with E-state index in [1.807, 2.05) is 0 Å². The Balaban J connectivity index is 2.04. The smallest absolute Gasteiger partial charge is 0.307 e. The number of hydrogen-bond donors (Lipinski definition) is 1. The second-order valence-corrected chi connectivity index (χ2v) is 3.87. The van der Waals surface area contributed by atoms with Gasteiger partial charge in [-0.1, -0.05) is 6.07 Å². The van der Waals surface area contributed by atoms with E-state index in [0.717, 1.165) is 0 Å². The molecule has 1 N–H and O–H groups in total. The van der Waals surface area contributed by atoms with Gasteiger partial charge in [0.15, 0.2) is 11.3 Å². The summed E-state index contributed by atoms with van der Waals surface area (Å²) in [7, 11) is 0. The van der Waals surface area contributed by atoms with Gasteiger partial charge in [-0.3, -0.25) is 4.79 Å². The van der Waals surface area contributed by atoms with Gasteiger partial charge in [0.2, 0.25) is 0 Å². The predicted octanol–water partition coefficient (Wildman–Crippen LogP) is 2.71. The number of fused-ring (bicyclic) bond motifs is 1. The second-order valence-electron chi connectivity index (χ2n) is 3.87. The molecule has 0 atom stereocenters. The van der Waals surface area contributed by atoms with Crippen molar-refractivity contribution in [2.75, 3.05) is 0 Å². The first-order valence-corrected chi connectivity index (χ1v) is 5.37. The van der Waals surface area contributed by atoms with Crippen molar-refractivity contribution in [1.82, 2.24) is 4.98 Å². The largest absolute Gasteiger partial charge is 0.481 e. The van der Waals surface area contributed by atoms with Gasteiger partial charge in [-0.05, 0) is 29.8 Å². The van der Waals surface area contributed by atoms with Gasteiger partial charge in [0.05, 0.1) is 12.7 Å². The minimum Gasteiger partial charge on any atom is -0.481 e. The lowest BCUT2D eigenvalue weighted by atomic mass is 10.1. The lowest BCUT2D eigenvalue weighted by Crippen LogP contribution is -1.99. The number of nitrogens with zero attached hydrogens (tertiary/aromatic N) is 1. The molecule has 2 heterocycles. The minimum atomic E-state index is -0.871. The van der Waals surface area contributed by atoms with E-state index in [-0.39, 0.29) is 6.42 Å². The molecular weight excluding hydrogens is 234 g/mol. The van der Waals surface area contributed by atoms with Crippen LogP contribution in [-0.4, -0.2) is 16.1 Å². The zero-order chi connectivity index (χ0) is 12.5. The van der Waals surface area contributed by atoms with Crippen LogP contribution < -0.4 is 0 Å². The number of rotatable bonds is 3. The number of carboxylic acid groups (broad SMARTS) is 1. The van der Waals surface area contributed by atoms with Gasteiger partial charge in [0.1, 0.15) is 5.52 Å². The van der Waals surface area contributed by atoms with Crippen molar-refractivity contribution in [3.63, 3.8) is 0 Å². The number of benzene rings is 1. The van der Waals surface area contributed by atoms with Gasteiger partial charge in [0.25, 0.3) is 5.89 Å².